The van der Waals surface area contributed by atoms with Crippen molar-refractivity contribution in [2.24, 2.45) is 5.92 Å². The van der Waals surface area contributed by atoms with E-state index in [9.17, 15) is 13.2 Å². The molecule has 7 heteroatoms. The molecule has 0 aromatic heterocycles. The number of benzene rings is 1. The van der Waals surface area contributed by atoms with Crippen LogP contribution in [0.15, 0.2) is 24.3 Å². The van der Waals surface area contributed by atoms with Crippen molar-refractivity contribution in [3.63, 3.8) is 0 Å². The molecule has 140 valence electrons. The summed E-state index contributed by atoms with van der Waals surface area (Å²) in [6.07, 6.45) is 1.48. The first-order chi connectivity index (χ1) is 11.8. The largest absolute Gasteiger partial charge is 0.373 e. The van der Waals surface area contributed by atoms with Crippen molar-refractivity contribution < 1.29 is 13.2 Å². The third kappa shape index (κ3) is 5.44. The second-order valence-corrected chi connectivity index (χ2v) is 8.90. The first-order valence-corrected chi connectivity index (χ1v) is 10.5. The van der Waals surface area contributed by atoms with Crippen LogP contribution in [0.4, 0.5) is 5.69 Å². The number of piperidine rings is 1. The molecule has 0 aliphatic carbocycles. The lowest BCUT2D eigenvalue weighted by atomic mass is 9.99. The smallest absolute Gasteiger partial charge is 0.224 e. The van der Waals surface area contributed by atoms with E-state index in [1.807, 2.05) is 7.05 Å². The number of carbonyl (C=O) groups is 1. The maximum atomic E-state index is 12.4. The van der Waals surface area contributed by atoms with E-state index in [1.165, 1.54) is 9.87 Å². The number of carbonyl (C=O) groups excluding carboxylic acids is 1. The van der Waals surface area contributed by atoms with Gasteiger partial charge in [-0.25, -0.2) is 12.7 Å². The summed E-state index contributed by atoms with van der Waals surface area (Å²) < 4.78 is 25.4. The Bertz CT molecular complexity index is 673. The molecule has 0 saturated carbocycles. The van der Waals surface area contributed by atoms with E-state index in [0.717, 1.165) is 18.5 Å². The molecule has 1 N–H and O–H groups in total. The molecule has 1 aliphatic heterocycles. The number of nitrogens with one attached hydrogen (secondary N) is 1. The van der Waals surface area contributed by atoms with Gasteiger partial charge in [0.25, 0.3) is 0 Å². The Hall–Kier alpha value is -1.60. The summed E-state index contributed by atoms with van der Waals surface area (Å²) in [4.78, 5) is 14.5. The molecule has 1 heterocycles. The summed E-state index contributed by atoms with van der Waals surface area (Å²) in [6.45, 7) is 5.76. The molecule has 6 nitrogen and oxygen atoms in total. The standard InChI is InChI=1S/C18H29N3O3S/c1-4-25(23,24)21-12-5-6-16(14-21)18(22)19-11-13-20(3)17-9-7-15(2)8-10-17/h7-10,16H,4-6,11-14H2,1-3H3,(H,19,22)/t16-/m1/s1. The SMILES string of the molecule is CCS(=O)(=O)N1CCC[C@@H](C(=O)NCCN(C)c2ccc(C)cc2)C1. The Morgan fingerprint density at radius 3 is 2.64 bits per heavy atom. The van der Waals surface area contributed by atoms with E-state index >= 15 is 0 Å². The van der Waals surface area contributed by atoms with Gasteiger partial charge in [0.05, 0.1) is 11.7 Å². The lowest BCUT2D eigenvalue weighted by Gasteiger charge is -2.31. The average Bonchev–Trinajstić information content (AvgIpc) is 2.62. The third-order valence-corrected chi connectivity index (χ3v) is 6.58. The van der Waals surface area contributed by atoms with E-state index in [4.69, 9.17) is 0 Å². The van der Waals surface area contributed by atoms with E-state index < -0.39 is 10.0 Å². The van der Waals surface area contributed by atoms with Gasteiger partial charge < -0.3 is 10.2 Å². The van der Waals surface area contributed by atoms with E-state index in [0.29, 0.717) is 26.2 Å². The number of hydrogen-bond acceptors (Lipinski definition) is 4. The Labute approximate surface area is 151 Å². The normalized spacial score (nSPS) is 18.8. The van der Waals surface area contributed by atoms with Gasteiger partial charge in [0.2, 0.25) is 15.9 Å². The molecule has 1 atom stereocenters. The fourth-order valence-electron chi connectivity index (χ4n) is 3.01. The first-order valence-electron chi connectivity index (χ1n) is 8.87. The molecule has 0 spiro atoms. The molecule has 1 aliphatic rings. The number of aryl methyl sites for hydroxylation is 1. The highest BCUT2D eigenvalue weighted by molar-refractivity contribution is 7.89. The second kappa shape index (κ2) is 8.67. The molecule has 2 rings (SSSR count). The lowest BCUT2D eigenvalue weighted by molar-refractivity contribution is -0.126. The molecule has 1 saturated heterocycles. The van der Waals surface area contributed by atoms with Gasteiger partial charge in [-0.2, -0.15) is 0 Å². The second-order valence-electron chi connectivity index (χ2n) is 6.65. The zero-order valence-electron chi connectivity index (χ0n) is 15.4. The monoisotopic (exact) mass is 367 g/mol. The van der Waals surface area contributed by atoms with Crippen molar-refractivity contribution in [3.8, 4) is 0 Å². The van der Waals surface area contributed by atoms with Crippen molar-refractivity contribution >= 4 is 21.6 Å². The molecule has 0 radical (unpaired) electrons. The Morgan fingerprint density at radius 1 is 1.32 bits per heavy atom. The highest BCUT2D eigenvalue weighted by Crippen LogP contribution is 2.19. The van der Waals surface area contributed by atoms with E-state index in [2.05, 4.69) is 41.4 Å². The summed E-state index contributed by atoms with van der Waals surface area (Å²) in [5.41, 5.74) is 2.33. The minimum absolute atomic E-state index is 0.0479. The first kappa shape index (κ1) is 19.7. The summed E-state index contributed by atoms with van der Waals surface area (Å²) in [7, 11) is -1.22. The van der Waals surface area contributed by atoms with Gasteiger partial charge in [-0.05, 0) is 38.8 Å². The van der Waals surface area contributed by atoms with Crippen LogP contribution in [0.1, 0.15) is 25.3 Å². The number of nitrogens with zero attached hydrogens (tertiary/aromatic N) is 2. The van der Waals surface area contributed by atoms with Crippen LogP contribution >= 0.6 is 0 Å². The summed E-state index contributed by atoms with van der Waals surface area (Å²) in [6, 6.07) is 8.25. The Kier molecular flexibility index (Phi) is 6.84. The van der Waals surface area contributed by atoms with Crippen LogP contribution in [0.2, 0.25) is 0 Å². The third-order valence-electron chi connectivity index (χ3n) is 4.73. The molecule has 1 fully saturated rings. The molecule has 1 aromatic carbocycles. The highest BCUT2D eigenvalue weighted by Gasteiger charge is 2.31. The predicted octanol–water partition coefficient (Wildman–Crippen LogP) is 1.61. The number of rotatable bonds is 7. The van der Waals surface area contributed by atoms with E-state index in [1.54, 1.807) is 6.92 Å². The number of likely N-dealkylation sites (N-methyl/N-ethyl adjacent to an activating group) is 1. The quantitative estimate of drug-likeness (QED) is 0.795. The zero-order valence-corrected chi connectivity index (χ0v) is 16.2. The van der Waals surface area contributed by atoms with Crippen LogP contribution in [0.3, 0.4) is 0 Å². The van der Waals surface area contributed by atoms with Gasteiger partial charge >= 0.3 is 0 Å². The summed E-state index contributed by atoms with van der Waals surface area (Å²) in [5, 5.41) is 2.95. The van der Waals surface area contributed by atoms with Crippen molar-refractivity contribution in [1.29, 1.82) is 0 Å². The van der Waals surface area contributed by atoms with Gasteiger partial charge in [-0.1, -0.05) is 17.7 Å². The van der Waals surface area contributed by atoms with Crippen molar-refractivity contribution in [1.82, 2.24) is 9.62 Å². The average molecular weight is 368 g/mol. The zero-order chi connectivity index (χ0) is 18.4. The van der Waals surface area contributed by atoms with Crippen LogP contribution in [0, 0.1) is 12.8 Å². The number of amides is 1. The van der Waals surface area contributed by atoms with Crippen molar-refractivity contribution in [2.75, 3.05) is 43.9 Å². The maximum Gasteiger partial charge on any atom is 0.224 e. The summed E-state index contributed by atoms with van der Waals surface area (Å²) >= 11 is 0. The number of hydrogen-bond donors (Lipinski definition) is 1. The molecular formula is C18H29N3O3S. The number of anilines is 1. The molecule has 0 bridgehead atoms. The molecule has 1 amide bonds. The van der Waals surface area contributed by atoms with E-state index in [-0.39, 0.29) is 17.6 Å². The molecule has 1 aromatic rings. The Balaban J connectivity index is 1.80. The highest BCUT2D eigenvalue weighted by atomic mass is 32.2. The fraction of sp³-hybridized carbons (Fsp3) is 0.611. The van der Waals surface area contributed by atoms with Crippen LogP contribution < -0.4 is 10.2 Å². The van der Waals surface area contributed by atoms with Gasteiger partial charge in [0, 0.05) is 38.9 Å². The minimum atomic E-state index is -3.22. The maximum absolute atomic E-state index is 12.4. The van der Waals surface area contributed by atoms with Crippen molar-refractivity contribution in [2.45, 2.75) is 26.7 Å². The summed E-state index contributed by atoms with van der Waals surface area (Å²) in [5.74, 6) is -0.212. The van der Waals surface area contributed by atoms with Gasteiger partial charge in [0.15, 0.2) is 0 Å². The van der Waals surface area contributed by atoms with Gasteiger partial charge in [-0.3, -0.25) is 4.79 Å². The molecule has 0 unspecified atom stereocenters. The van der Waals surface area contributed by atoms with Crippen LogP contribution in [-0.2, 0) is 14.8 Å². The molecular weight excluding hydrogens is 338 g/mol. The lowest BCUT2D eigenvalue weighted by Crippen LogP contribution is -2.46. The molecule has 25 heavy (non-hydrogen) atoms. The van der Waals surface area contributed by atoms with Gasteiger partial charge in [-0.15, -0.1) is 0 Å². The number of sulfonamides is 1. The Morgan fingerprint density at radius 2 is 2.00 bits per heavy atom. The fourth-order valence-corrected chi connectivity index (χ4v) is 4.19. The minimum Gasteiger partial charge on any atom is -0.373 e. The van der Waals surface area contributed by atoms with Crippen LogP contribution in [0.25, 0.3) is 0 Å². The van der Waals surface area contributed by atoms with Crippen molar-refractivity contribution in [3.05, 3.63) is 29.8 Å². The topological polar surface area (TPSA) is 69.7 Å². The predicted molar refractivity (Wildman–Crippen MR) is 101 cm³/mol. The van der Waals surface area contributed by atoms with Crippen LogP contribution in [0.5, 0.6) is 0 Å². The van der Waals surface area contributed by atoms with Crippen LogP contribution in [-0.4, -0.2) is 57.6 Å². The van der Waals surface area contributed by atoms with Gasteiger partial charge in [0.1, 0.15) is 0 Å².